The van der Waals surface area contributed by atoms with E-state index in [0.717, 1.165) is 16.7 Å². The van der Waals surface area contributed by atoms with Crippen LogP contribution in [0.5, 0.6) is 5.75 Å². The maximum atomic E-state index is 13.0. The van der Waals surface area contributed by atoms with Crippen molar-refractivity contribution >= 4 is 12.2 Å². The van der Waals surface area contributed by atoms with E-state index >= 15 is 0 Å². The van der Waals surface area contributed by atoms with Crippen LogP contribution in [0.2, 0.25) is 0 Å². The fourth-order valence-corrected chi connectivity index (χ4v) is 4.29. The minimum Gasteiger partial charge on any atom is -0.489 e. The van der Waals surface area contributed by atoms with E-state index in [2.05, 4.69) is 5.32 Å². The van der Waals surface area contributed by atoms with Gasteiger partial charge in [-0.2, -0.15) is 0 Å². The molecule has 0 radical (unpaired) electrons. The zero-order chi connectivity index (χ0) is 30.5. The lowest BCUT2D eigenvalue weighted by Gasteiger charge is -2.31. The first kappa shape index (κ1) is 32.5. The molecule has 0 aliphatic rings. The highest BCUT2D eigenvalue weighted by Crippen LogP contribution is 2.18. The van der Waals surface area contributed by atoms with Crippen molar-refractivity contribution in [3.05, 3.63) is 102 Å². The molecule has 0 aliphatic carbocycles. The Morgan fingerprint density at radius 3 is 1.93 bits per heavy atom. The fraction of sp³-hybridized carbons (Fsp3) is 0.412. The van der Waals surface area contributed by atoms with E-state index in [1.807, 2.05) is 98.8 Å². The van der Waals surface area contributed by atoms with Gasteiger partial charge in [0.2, 0.25) is 0 Å². The zero-order valence-electron chi connectivity index (χ0n) is 25.3. The van der Waals surface area contributed by atoms with E-state index in [4.69, 9.17) is 14.2 Å². The lowest BCUT2D eigenvalue weighted by molar-refractivity contribution is 0.0323. The average molecular weight is 577 g/mol. The molecule has 2 N–H and O–H groups in total. The molecule has 0 spiro atoms. The summed E-state index contributed by atoms with van der Waals surface area (Å²) in [5, 5.41) is 14.2. The summed E-state index contributed by atoms with van der Waals surface area (Å²) < 4.78 is 16.9. The number of amides is 2. The topological polar surface area (TPSA) is 97.3 Å². The highest BCUT2D eigenvalue weighted by molar-refractivity contribution is 5.69. The largest absolute Gasteiger partial charge is 0.489 e. The minimum absolute atomic E-state index is 0.0233. The Balaban J connectivity index is 1.69. The van der Waals surface area contributed by atoms with Crippen molar-refractivity contribution in [1.82, 2.24) is 10.2 Å². The van der Waals surface area contributed by atoms with Gasteiger partial charge in [-0.15, -0.1) is 0 Å². The zero-order valence-corrected chi connectivity index (χ0v) is 25.3. The molecule has 0 heterocycles. The number of benzene rings is 3. The normalized spacial score (nSPS) is 12.7. The van der Waals surface area contributed by atoms with Crippen molar-refractivity contribution in [3.63, 3.8) is 0 Å². The van der Waals surface area contributed by atoms with Crippen LogP contribution in [0.25, 0.3) is 0 Å². The summed E-state index contributed by atoms with van der Waals surface area (Å²) in [4.78, 5) is 27.3. The number of nitrogens with zero attached hydrogens (tertiary/aromatic N) is 1. The van der Waals surface area contributed by atoms with Gasteiger partial charge in [0.25, 0.3) is 0 Å². The average Bonchev–Trinajstić information content (AvgIpc) is 2.94. The van der Waals surface area contributed by atoms with E-state index in [0.29, 0.717) is 25.3 Å². The Hall–Kier alpha value is -4.04. The van der Waals surface area contributed by atoms with Gasteiger partial charge in [0.1, 0.15) is 24.6 Å². The first-order valence-electron chi connectivity index (χ1n) is 14.4. The van der Waals surface area contributed by atoms with Crippen molar-refractivity contribution in [2.24, 2.45) is 5.92 Å². The predicted octanol–water partition coefficient (Wildman–Crippen LogP) is 6.36. The molecule has 0 saturated heterocycles. The van der Waals surface area contributed by atoms with E-state index in [-0.39, 0.29) is 19.1 Å². The van der Waals surface area contributed by atoms with Crippen LogP contribution in [0.3, 0.4) is 0 Å². The summed E-state index contributed by atoms with van der Waals surface area (Å²) in [6.07, 6.45) is -1.94. The molecule has 0 unspecified atom stereocenters. The number of hydrogen-bond donors (Lipinski definition) is 2. The summed E-state index contributed by atoms with van der Waals surface area (Å²) in [7, 11) is 0. The summed E-state index contributed by atoms with van der Waals surface area (Å²) in [6, 6.07) is 26.1. The molecule has 8 heteroatoms. The minimum atomic E-state index is -1.09. The molecule has 0 aromatic heterocycles. The Labute approximate surface area is 249 Å². The van der Waals surface area contributed by atoms with Gasteiger partial charge in [0.05, 0.1) is 18.7 Å². The Morgan fingerprint density at radius 1 is 0.810 bits per heavy atom. The van der Waals surface area contributed by atoms with Gasteiger partial charge in [0.15, 0.2) is 0 Å². The maximum absolute atomic E-state index is 13.0. The summed E-state index contributed by atoms with van der Waals surface area (Å²) in [5.41, 5.74) is 2.11. The number of aliphatic hydroxyl groups excluding tert-OH is 1. The van der Waals surface area contributed by atoms with Gasteiger partial charge in [-0.05, 0) is 61.9 Å². The lowest BCUT2D eigenvalue weighted by atomic mass is 10.0. The number of alkyl carbamates (subject to hydrolysis) is 1. The number of carbonyl (C=O) groups excluding carboxylic acids is 2. The molecule has 0 aliphatic heterocycles. The molecular formula is C34H44N2O6. The quantitative estimate of drug-likeness (QED) is 0.246. The van der Waals surface area contributed by atoms with Crippen LogP contribution in [0.4, 0.5) is 9.59 Å². The van der Waals surface area contributed by atoms with Crippen LogP contribution < -0.4 is 10.1 Å². The van der Waals surface area contributed by atoms with E-state index in [9.17, 15) is 14.7 Å². The highest BCUT2D eigenvalue weighted by atomic mass is 16.6. The second kappa shape index (κ2) is 15.8. The molecule has 3 aromatic rings. The molecule has 2 atom stereocenters. The molecule has 0 fully saturated rings. The Kier molecular flexibility index (Phi) is 12.2. The van der Waals surface area contributed by atoms with Crippen molar-refractivity contribution in [3.8, 4) is 5.75 Å². The van der Waals surface area contributed by atoms with Gasteiger partial charge >= 0.3 is 12.2 Å². The molecular weight excluding hydrogens is 532 g/mol. The number of aliphatic hydroxyl groups is 1. The maximum Gasteiger partial charge on any atom is 0.410 e. The summed E-state index contributed by atoms with van der Waals surface area (Å²) in [5.74, 6) is 0.853. The molecule has 3 rings (SSSR count). The van der Waals surface area contributed by atoms with Gasteiger partial charge in [0, 0.05) is 6.54 Å². The van der Waals surface area contributed by atoms with Gasteiger partial charge < -0.3 is 29.5 Å². The van der Waals surface area contributed by atoms with E-state index < -0.39 is 29.9 Å². The van der Waals surface area contributed by atoms with Gasteiger partial charge in [-0.25, -0.2) is 9.59 Å². The van der Waals surface area contributed by atoms with Crippen LogP contribution in [-0.4, -0.2) is 53.0 Å². The Morgan fingerprint density at radius 2 is 1.38 bits per heavy atom. The third kappa shape index (κ3) is 11.8. The molecule has 0 bridgehead atoms. The van der Waals surface area contributed by atoms with Crippen LogP contribution >= 0.6 is 0 Å². The Bertz CT molecular complexity index is 1230. The molecule has 8 nitrogen and oxygen atoms in total. The number of ether oxygens (including phenoxy) is 3. The predicted molar refractivity (Wildman–Crippen MR) is 163 cm³/mol. The van der Waals surface area contributed by atoms with Crippen molar-refractivity contribution in [2.45, 2.75) is 72.0 Å². The number of nitrogens with one attached hydrogen (secondary N) is 1. The molecule has 2 amide bonds. The SMILES string of the molecule is CC(C)CN(C[C@@H](O)[C@H](Cc1ccc(OCc2ccccc2)cc1)NC(=O)OC(C)(C)C)C(=O)OCc1ccccc1. The van der Waals surface area contributed by atoms with E-state index in [1.165, 1.54) is 4.90 Å². The standard InChI is InChI=1S/C34H44N2O6/c1-25(2)21-36(33(39)41-24-28-14-10-7-11-15-28)22-31(37)30(35-32(38)42-34(3,4)5)20-26-16-18-29(19-17-26)40-23-27-12-8-6-9-13-27/h6-19,25,30-31,37H,20-24H2,1-5H3,(H,35,38)/t30-,31+/m0/s1. The second-order valence-corrected chi connectivity index (χ2v) is 11.8. The lowest BCUT2D eigenvalue weighted by Crippen LogP contribution is -2.52. The first-order valence-corrected chi connectivity index (χ1v) is 14.4. The van der Waals surface area contributed by atoms with Crippen LogP contribution in [0.15, 0.2) is 84.9 Å². The van der Waals surface area contributed by atoms with Crippen molar-refractivity contribution < 1.29 is 28.9 Å². The second-order valence-electron chi connectivity index (χ2n) is 11.8. The number of hydrogen-bond acceptors (Lipinski definition) is 6. The monoisotopic (exact) mass is 576 g/mol. The highest BCUT2D eigenvalue weighted by Gasteiger charge is 2.29. The summed E-state index contributed by atoms with van der Waals surface area (Å²) in [6.45, 7) is 10.2. The third-order valence-corrected chi connectivity index (χ3v) is 6.25. The number of rotatable bonds is 13. The third-order valence-electron chi connectivity index (χ3n) is 6.25. The van der Waals surface area contributed by atoms with Crippen molar-refractivity contribution in [2.75, 3.05) is 13.1 Å². The van der Waals surface area contributed by atoms with Gasteiger partial charge in [-0.3, -0.25) is 0 Å². The molecule has 3 aromatic carbocycles. The van der Waals surface area contributed by atoms with Crippen molar-refractivity contribution in [1.29, 1.82) is 0 Å². The summed E-state index contributed by atoms with van der Waals surface area (Å²) >= 11 is 0. The van der Waals surface area contributed by atoms with E-state index in [1.54, 1.807) is 20.8 Å². The first-order chi connectivity index (χ1) is 20.0. The van der Waals surface area contributed by atoms with Crippen LogP contribution in [0, 0.1) is 5.92 Å². The molecule has 226 valence electrons. The van der Waals surface area contributed by atoms with Crippen LogP contribution in [-0.2, 0) is 29.1 Å². The smallest absolute Gasteiger partial charge is 0.410 e. The molecule has 42 heavy (non-hydrogen) atoms. The fourth-order valence-electron chi connectivity index (χ4n) is 4.29. The van der Waals surface area contributed by atoms with Crippen LogP contribution in [0.1, 0.15) is 51.3 Å². The van der Waals surface area contributed by atoms with Gasteiger partial charge in [-0.1, -0.05) is 86.6 Å². The molecule has 0 saturated carbocycles. The number of carbonyl (C=O) groups is 2.